The largest absolute Gasteiger partial charge is 0.420 e. The number of nitrogens with zero attached hydrogens (tertiary/aromatic N) is 2. The van der Waals surface area contributed by atoms with Gasteiger partial charge in [0.15, 0.2) is 5.58 Å². The van der Waals surface area contributed by atoms with E-state index in [9.17, 15) is 9.59 Å². The van der Waals surface area contributed by atoms with Crippen molar-refractivity contribution in [1.29, 1.82) is 0 Å². The van der Waals surface area contributed by atoms with Crippen molar-refractivity contribution in [3.8, 4) is 0 Å². The van der Waals surface area contributed by atoms with Crippen LogP contribution in [-0.4, -0.2) is 15.5 Å². The Morgan fingerprint density at radius 1 is 1.36 bits per heavy atom. The maximum atomic E-state index is 12.1. The summed E-state index contributed by atoms with van der Waals surface area (Å²) in [7, 11) is 0. The first-order valence-electron chi connectivity index (χ1n) is 6.54. The molecule has 112 valence electrons. The summed E-state index contributed by atoms with van der Waals surface area (Å²) in [6.07, 6.45) is 1.60. The lowest BCUT2D eigenvalue weighted by Gasteiger charge is -2.05. The van der Waals surface area contributed by atoms with Gasteiger partial charge in [0, 0.05) is 11.2 Å². The first kappa shape index (κ1) is 14.3. The maximum Gasteiger partial charge on any atom is 0.420 e. The van der Waals surface area contributed by atoms with Gasteiger partial charge in [-0.3, -0.25) is 9.36 Å². The second-order valence-corrected chi connectivity index (χ2v) is 5.27. The van der Waals surface area contributed by atoms with Gasteiger partial charge in [-0.2, -0.15) is 0 Å². The van der Waals surface area contributed by atoms with E-state index in [0.717, 1.165) is 5.56 Å². The number of rotatable bonds is 3. The molecule has 2 heterocycles. The molecule has 6 nitrogen and oxygen atoms in total. The zero-order chi connectivity index (χ0) is 15.7. The number of pyridine rings is 1. The number of oxazole rings is 1. The van der Waals surface area contributed by atoms with Gasteiger partial charge < -0.3 is 9.73 Å². The standard InChI is InChI=1S/C15H12ClN3O3/c1-9-4-5-17-13(6-9)18-14(20)8-19-11-7-10(16)2-3-12(11)22-15(19)21/h2-7H,8H2,1H3,(H,17,18,20). The van der Waals surface area contributed by atoms with Crippen LogP contribution in [0.25, 0.3) is 11.1 Å². The third-order valence-corrected chi connectivity index (χ3v) is 3.35. The molecule has 0 saturated carbocycles. The number of benzene rings is 1. The van der Waals surface area contributed by atoms with E-state index in [-0.39, 0.29) is 12.5 Å². The van der Waals surface area contributed by atoms with E-state index in [1.807, 2.05) is 13.0 Å². The van der Waals surface area contributed by atoms with Crippen LogP contribution >= 0.6 is 11.6 Å². The fourth-order valence-corrected chi connectivity index (χ4v) is 2.28. The lowest BCUT2D eigenvalue weighted by atomic mass is 10.3. The molecular weight excluding hydrogens is 306 g/mol. The van der Waals surface area contributed by atoms with Crippen LogP contribution < -0.4 is 11.1 Å². The summed E-state index contributed by atoms with van der Waals surface area (Å²) in [4.78, 5) is 28.0. The number of amides is 1. The van der Waals surface area contributed by atoms with E-state index >= 15 is 0 Å². The normalized spacial score (nSPS) is 10.8. The van der Waals surface area contributed by atoms with E-state index in [4.69, 9.17) is 16.0 Å². The van der Waals surface area contributed by atoms with Gasteiger partial charge in [0.1, 0.15) is 12.4 Å². The molecule has 3 aromatic rings. The van der Waals surface area contributed by atoms with Crippen molar-refractivity contribution in [2.24, 2.45) is 0 Å². The van der Waals surface area contributed by atoms with Gasteiger partial charge in [-0.1, -0.05) is 11.6 Å². The van der Waals surface area contributed by atoms with Crippen molar-refractivity contribution in [1.82, 2.24) is 9.55 Å². The van der Waals surface area contributed by atoms with Crippen LogP contribution in [0, 0.1) is 6.92 Å². The van der Waals surface area contributed by atoms with Crippen LogP contribution in [0.1, 0.15) is 5.56 Å². The molecule has 0 radical (unpaired) electrons. The summed E-state index contributed by atoms with van der Waals surface area (Å²) < 4.78 is 6.31. The first-order chi connectivity index (χ1) is 10.5. The van der Waals surface area contributed by atoms with Crippen molar-refractivity contribution in [2.75, 3.05) is 5.32 Å². The highest BCUT2D eigenvalue weighted by molar-refractivity contribution is 6.31. The van der Waals surface area contributed by atoms with Crippen molar-refractivity contribution in [3.05, 3.63) is 57.7 Å². The predicted molar refractivity (Wildman–Crippen MR) is 83.1 cm³/mol. The molecule has 1 N–H and O–H groups in total. The molecule has 1 aromatic carbocycles. The number of carbonyl (C=O) groups excluding carboxylic acids is 1. The molecule has 0 atom stereocenters. The fraction of sp³-hybridized carbons (Fsp3) is 0.133. The SMILES string of the molecule is Cc1ccnc(NC(=O)Cn2c(=O)oc3ccc(Cl)cc32)c1. The molecule has 0 unspecified atom stereocenters. The summed E-state index contributed by atoms with van der Waals surface area (Å²) in [6.45, 7) is 1.72. The highest BCUT2D eigenvalue weighted by Crippen LogP contribution is 2.18. The Bertz CT molecular complexity index is 914. The van der Waals surface area contributed by atoms with Crippen LogP contribution in [0.4, 0.5) is 5.82 Å². The molecule has 0 bridgehead atoms. The maximum absolute atomic E-state index is 12.1. The molecule has 0 fully saturated rings. The monoisotopic (exact) mass is 317 g/mol. The number of nitrogens with one attached hydrogen (secondary N) is 1. The third kappa shape index (κ3) is 2.87. The summed E-state index contributed by atoms with van der Waals surface area (Å²) in [6, 6.07) is 8.36. The summed E-state index contributed by atoms with van der Waals surface area (Å²) in [5.74, 6) is -0.545. The Morgan fingerprint density at radius 2 is 2.18 bits per heavy atom. The zero-order valence-electron chi connectivity index (χ0n) is 11.7. The average Bonchev–Trinajstić information content (AvgIpc) is 2.75. The highest BCUT2D eigenvalue weighted by atomic mass is 35.5. The van der Waals surface area contributed by atoms with Gasteiger partial charge in [-0.05, 0) is 42.8 Å². The predicted octanol–water partition coefficient (Wildman–Crippen LogP) is 2.59. The lowest BCUT2D eigenvalue weighted by Crippen LogP contribution is -2.25. The number of halogens is 1. The molecule has 3 rings (SSSR count). The topological polar surface area (TPSA) is 77.1 Å². The minimum atomic E-state index is -0.607. The molecule has 0 saturated heterocycles. The summed E-state index contributed by atoms with van der Waals surface area (Å²) in [5.41, 5.74) is 1.84. The summed E-state index contributed by atoms with van der Waals surface area (Å²) in [5, 5.41) is 3.10. The van der Waals surface area contributed by atoms with Crippen LogP contribution in [0.5, 0.6) is 0 Å². The van der Waals surface area contributed by atoms with Crippen molar-refractivity contribution in [2.45, 2.75) is 13.5 Å². The first-order valence-corrected chi connectivity index (χ1v) is 6.92. The van der Waals surface area contributed by atoms with Gasteiger partial charge in [0.2, 0.25) is 5.91 Å². The Morgan fingerprint density at radius 3 is 2.95 bits per heavy atom. The number of anilines is 1. The average molecular weight is 318 g/mol. The Labute approximate surface area is 130 Å². The molecule has 0 aliphatic carbocycles. The number of hydrogen-bond donors (Lipinski definition) is 1. The third-order valence-electron chi connectivity index (χ3n) is 3.11. The Kier molecular flexibility index (Phi) is 3.68. The van der Waals surface area contributed by atoms with Gasteiger partial charge >= 0.3 is 5.76 Å². The number of fused-ring (bicyclic) bond motifs is 1. The van der Waals surface area contributed by atoms with Crippen LogP contribution in [-0.2, 0) is 11.3 Å². The highest BCUT2D eigenvalue weighted by Gasteiger charge is 2.13. The minimum Gasteiger partial charge on any atom is -0.408 e. The Balaban J connectivity index is 1.86. The fourth-order valence-electron chi connectivity index (χ4n) is 2.12. The van der Waals surface area contributed by atoms with Crippen molar-refractivity contribution in [3.63, 3.8) is 0 Å². The van der Waals surface area contributed by atoms with E-state index < -0.39 is 5.76 Å². The van der Waals surface area contributed by atoms with E-state index in [0.29, 0.717) is 21.9 Å². The smallest absolute Gasteiger partial charge is 0.408 e. The molecule has 0 aliphatic rings. The zero-order valence-corrected chi connectivity index (χ0v) is 12.4. The van der Waals surface area contributed by atoms with Crippen molar-refractivity contribution >= 4 is 34.4 Å². The van der Waals surface area contributed by atoms with Gasteiger partial charge in [0.25, 0.3) is 0 Å². The Hall–Kier alpha value is -2.60. The molecule has 0 spiro atoms. The number of aryl methyl sites for hydroxylation is 1. The second-order valence-electron chi connectivity index (χ2n) is 4.83. The summed E-state index contributed by atoms with van der Waals surface area (Å²) >= 11 is 5.92. The molecule has 1 amide bonds. The molecule has 22 heavy (non-hydrogen) atoms. The number of hydrogen-bond acceptors (Lipinski definition) is 4. The van der Waals surface area contributed by atoms with Crippen LogP contribution in [0.3, 0.4) is 0 Å². The quantitative estimate of drug-likeness (QED) is 0.805. The minimum absolute atomic E-state index is 0.179. The van der Waals surface area contributed by atoms with Gasteiger partial charge in [0.05, 0.1) is 5.52 Å². The molecule has 0 aliphatic heterocycles. The van der Waals surface area contributed by atoms with Gasteiger partial charge in [-0.15, -0.1) is 0 Å². The molecule has 7 heteroatoms. The van der Waals surface area contributed by atoms with Gasteiger partial charge in [-0.25, -0.2) is 9.78 Å². The van der Waals surface area contributed by atoms with Crippen LogP contribution in [0.2, 0.25) is 5.02 Å². The second kappa shape index (κ2) is 5.65. The number of aromatic nitrogens is 2. The van der Waals surface area contributed by atoms with Crippen LogP contribution in [0.15, 0.2) is 45.7 Å². The van der Waals surface area contributed by atoms with E-state index in [1.165, 1.54) is 4.57 Å². The molecule has 2 aromatic heterocycles. The number of carbonyl (C=O) groups is 1. The lowest BCUT2D eigenvalue weighted by molar-refractivity contribution is -0.116. The molecular formula is C15H12ClN3O3. The van der Waals surface area contributed by atoms with E-state index in [1.54, 1.807) is 30.5 Å². The van der Waals surface area contributed by atoms with E-state index in [2.05, 4.69) is 10.3 Å². The van der Waals surface area contributed by atoms with Crippen molar-refractivity contribution < 1.29 is 9.21 Å².